The van der Waals surface area contributed by atoms with Gasteiger partial charge in [-0.1, -0.05) is 23.4 Å². The SMILES string of the molecule is Cc1cc(NC(=O)Cn2nnn(-c3ccccc3)c2=O)no1. The number of carbonyl (C=O) groups is 1. The predicted octanol–water partition coefficient (Wildman–Crippen LogP) is 0.364. The molecule has 0 radical (unpaired) electrons. The van der Waals surface area contributed by atoms with E-state index in [0.29, 0.717) is 11.4 Å². The molecule has 0 saturated carbocycles. The van der Waals surface area contributed by atoms with Crippen molar-refractivity contribution in [1.82, 2.24) is 24.9 Å². The van der Waals surface area contributed by atoms with Gasteiger partial charge in [0.25, 0.3) is 0 Å². The molecular formula is C13H12N6O3. The normalized spacial score (nSPS) is 10.6. The molecule has 22 heavy (non-hydrogen) atoms. The van der Waals surface area contributed by atoms with Gasteiger partial charge in [0.2, 0.25) is 5.91 Å². The van der Waals surface area contributed by atoms with Crippen LogP contribution >= 0.6 is 0 Å². The summed E-state index contributed by atoms with van der Waals surface area (Å²) in [7, 11) is 0. The van der Waals surface area contributed by atoms with Gasteiger partial charge in [-0.05, 0) is 29.5 Å². The first kappa shape index (κ1) is 13.7. The van der Waals surface area contributed by atoms with Crippen molar-refractivity contribution in [2.24, 2.45) is 0 Å². The molecule has 0 saturated heterocycles. The lowest BCUT2D eigenvalue weighted by Gasteiger charge is -1.99. The number of tetrazole rings is 1. The molecule has 0 aliphatic carbocycles. The van der Waals surface area contributed by atoms with Crippen LogP contribution in [-0.4, -0.2) is 30.9 Å². The van der Waals surface area contributed by atoms with Crippen LogP contribution in [0.15, 0.2) is 45.7 Å². The summed E-state index contributed by atoms with van der Waals surface area (Å²) in [6.07, 6.45) is 0. The fourth-order valence-electron chi connectivity index (χ4n) is 1.85. The molecule has 112 valence electrons. The number of aromatic nitrogens is 5. The van der Waals surface area contributed by atoms with Gasteiger partial charge in [-0.3, -0.25) is 4.79 Å². The van der Waals surface area contributed by atoms with Crippen LogP contribution in [-0.2, 0) is 11.3 Å². The van der Waals surface area contributed by atoms with Crippen molar-refractivity contribution in [3.05, 3.63) is 52.6 Å². The van der Waals surface area contributed by atoms with Gasteiger partial charge in [0.05, 0.1) is 5.69 Å². The summed E-state index contributed by atoms with van der Waals surface area (Å²) in [5.41, 5.74) is 0.0731. The highest BCUT2D eigenvalue weighted by molar-refractivity contribution is 5.89. The molecule has 9 heteroatoms. The Morgan fingerprint density at radius 2 is 2.05 bits per heavy atom. The number of nitrogens with one attached hydrogen (secondary N) is 1. The quantitative estimate of drug-likeness (QED) is 0.745. The maximum Gasteiger partial charge on any atom is 0.368 e. The summed E-state index contributed by atoms with van der Waals surface area (Å²) in [6.45, 7) is 1.44. The molecule has 0 aliphatic heterocycles. The fraction of sp³-hybridized carbons (Fsp3) is 0.154. The van der Waals surface area contributed by atoms with E-state index in [1.807, 2.05) is 6.07 Å². The van der Waals surface area contributed by atoms with Gasteiger partial charge in [-0.25, -0.2) is 4.79 Å². The Hall–Kier alpha value is -3.23. The first-order valence-electron chi connectivity index (χ1n) is 6.45. The second-order valence-electron chi connectivity index (χ2n) is 4.54. The Morgan fingerprint density at radius 3 is 2.73 bits per heavy atom. The Labute approximate surface area is 124 Å². The molecular weight excluding hydrogens is 288 g/mol. The van der Waals surface area contributed by atoms with Crippen molar-refractivity contribution in [2.45, 2.75) is 13.5 Å². The number of benzene rings is 1. The van der Waals surface area contributed by atoms with Crippen LogP contribution < -0.4 is 11.0 Å². The third-order valence-corrected chi connectivity index (χ3v) is 2.83. The first-order valence-corrected chi connectivity index (χ1v) is 6.45. The molecule has 3 rings (SSSR count). The highest BCUT2D eigenvalue weighted by atomic mass is 16.5. The Balaban J connectivity index is 1.75. The van der Waals surface area contributed by atoms with Gasteiger partial charge in [0.1, 0.15) is 12.3 Å². The zero-order chi connectivity index (χ0) is 15.5. The average Bonchev–Trinajstić information content (AvgIpc) is 3.07. The molecule has 0 unspecified atom stereocenters. The summed E-state index contributed by atoms with van der Waals surface area (Å²) >= 11 is 0. The maximum absolute atomic E-state index is 12.1. The molecule has 1 N–H and O–H groups in total. The van der Waals surface area contributed by atoms with Crippen LogP contribution in [0.4, 0.5) is 5.82 Å². The van der Waals surface area contributed by atoms with E-state index < -0.39 is 11.6 Å². The molecule has 3 aromatic rings. The van der Waals surface area contributed by atoms with Gasteiger partial charge in [-0.2, -0.15) is 9.36 Å². The smallest absolute Gasteiger partial charge is 0.360 e. The van der Waals surface area contributed by atoms with E-state index in [2.05, 4.69) is 20.9 Å². The molecule has 0 aliphatic rings. The van der Waals surface area contributed by atoms with Crippen molar-refractivity contribution in [1.29, 1.82) is 0 Å². The number of hydrogen-bond donors (Lipinski definition) is 1. The van der Waals surface area contributed by atoms with Crippen LogP contribution in [0, 0.1) is 6.92 Å². The van der Waals surface area contributed by atoms with Gasteiger partial charge in [-0.15, -0.1) is 0 Å². The van der Waals surface area contributed by atoms with E-state index >= 15 is 0 Å². The number of amides is 1. The highest BCUT2D eigenvalue weighted by Gasteiger charge is 2.13. The molecule has 2 aromatic heterocycles. The average molecular weight is 300 g/mol. The minimum Gasteiger partial charge on any atom is -0.360 e. The van der Waals surface area contributed by atoms with Crippen LogP contribution in [0.25, 0.3) is 5.69 Å². The van der Waals surface area contributed by atoms with Crippen molar-refractivity contribution >= 4 is 11.7 Å². The largest absolute Gasteiger partial charge is 0.368 e. The third-order valence-electron chi connectivity index (χ3n) is 2.83. The summed E-state index contributed by atoms with van der Waals surface area (Å²) in [4.78, 5) is 24.0. The molecule has 9 nitrogen and oxygen atoms in total. The summed E-state index contributed by atoms with van der Waals surface area (Å²) in [6, 6.07) is 10.4. The third kappa shape index (κ3) is 2.77. The van der Waals surface area contributed by atoms with Gasteiger partial charge >= 0.3 is 5.69 Å². The molecule has 1 amide bonds. The molecule has 2 heterocycles. The zero-order valence-corrected chi connectivity index (χ0v) is 11.6. The lowest BCUT2D eigenvalue weighted by Crippen LogP contribution is -2.29. The number of para-hydroxylation sites is 1. The number of hydrogen-bond acceptors (Lipinski definition) is 6. The Bertz CT molecular complexity index is 848. The highest BCUT2D eigenvalue weighted by Crippen LogP contribution is 2.06. The van der Waals surface area contributed by atoms with E-state index in [1.54, 1.807) is 37.3 Å². The molecule has 0 atom stereocenters. The zero-order valence-electron chi connectivity index (χ0n) is 11.6. The number of aryl methyl sites for hydroxylation is 1. The van der Waals surface area contributed by atoms with E-state index in [9.17, 15) is 9.59 Å². The standard InChI is InChI=1S/C13H12N6O3/c1-9-7-11(15-22-9)14-12(20)8-18-13(21)19(17-16-18)10-5-3-2-4-6-10/h2-7H,8H2,1H3,(H,14,15,20). The van der Waals surface area contributed by atoms with Crippen molar-refractivity contribution in [3.8, 4) is 5.69 Å². The van der Waals surface area contributed by atoms with Crippen molar-refractivity contribution < 1.29 is 9.32 Å². The molecule has 0 bridgehead atoms. The van der Waals surface area contributed by atoms with Gasteiger partial charge in [0.15, 0.2) is 5.82 Å². The van der Waals surface area contributed by atoms with Crippen molar-refractivity contribution in [2.75, 3.05) is 5.32 Å². The molecule has 0 fully saturated rings. The van der Waals surface area contributed by atoms with Crippen molar-refractivity contribution in [3.63, 3.8) is 0 Å². The van der Waals surface area contributed by atoms with Crippen LogP contribution in [0.1, 0.15) is 5.76 Å². The maximum atomic E-state index is 12.1. The summed E-state index contributed by atoms with van der Waals surface area (Å²) in [5.74, 6) is 0.406. The fourth-order valence-corrected chi connectivity index (χ4v) is 1.85. The summed E-state index contributed by atoms with van der Waals surface area (Å²) in [5, 5.41) is 13.6. The van der Waals surface area contributed by atoms with E-state index in [0.717, 1.165) is 9.36 Å². The number of carbonyl (C=O) groups excluding carboxylic acids is 1. The number of anilines is 1. The van der Waals surface area contributed by atoms with Crippen LogP contribution in [0.5, 0.6) is 0 Å². The molecule has 1 aromatic carbocycles. The van der Waals surface area contributed by atoms with Gasteiger partial charge < -0.3 is 9.84 Å². The second-order valence-corrected chi connectivity index (χ2v) is 4.54. The monoisotopic (exact) mass is 300 g/mol. The number of rotatable bonds is 4. The van der Waals surface area contributed by atoms with Gasteiger partial charge in [0, 0.05) is 6.07 Å². The van der Waals surface area contributed by atoms with E-state index in [4.69, 9.17) is 4.52 Å². The Kier molecular flexibility index (Phi) is 3.52. The Morgan fingerprint density at radius 1 is 1.27 bits per heavy atom. The first-order chi connectivity index (χ1) is 10.6. The minimum atomic E-state index is -0.502. The lowest BCUT2D eigenvalue weighted by atomic mass is 10.3. The predicted molar refractivity (Wildman–Crippen MR) is 75.5 cm³/mol. The van der Waals surface area contributed by atoms with Crippen LogP contribution in [0.2, 0.25) is 0 Å². The second kappa shape index (κ2) is 5.64. The minimum absolute atomic E-state index is 0.266. The lowest BCUT2D eigenvalue weighted by molar-refractivity contribution is -0.117. The summed E-state index contributed by atoms with van der Waals surface area (Å²) < 4.78 is 6.92. The van der Waals surface area contributed by atoms with E-state index in [-0.39, 0.29) is 12.4 Å². The molecule has 0 spiro atoms. The topological polar surface area (TPSA) is 108 Å². The van der Waals surface area contributed by atoms with E-state index in [1.165, 1.54) is 0 Å². The van der Waals surface area contributed by atoms with Crippen LogP contribution in [0.3, 0.4) is 0 Å². The number of nitrogens with zero attached hydrogens (tertiary/aromatic N) is 5.